The Morgan fingerprint density at radius 3 is 1.78 bits per heavy atom. The van der Waals surface area contributed by atoms with Crippen LogP contribution in [0.25, 0.3) is 32.7 Å². The van der Waals surface area contributed by atoms with Gasteiger partial charge in [0, 0.05) is 20.9 Å². The number of hydrogen-bond donors (Lipinski definition) is 0. The molecule has 0 unspecified atom stereocenters. The maximum absolute atomic E-state index is 15.3. The Labute approximate surface area is 214 Å². The van der Waals surface area contributed by atoms with Gasteiger partial charge in [0.2, 0.25) is 0 Å². The van der Waals surface area contributed by atoms with E-state index in [2.05, 4.69) is 0 Å². The Morgan fingerprint density at radius 2 is 1.16 bits per heavy atom. The highest BCUT2D eigenvalue weighted by Crippen LogP contribution is 2.65. The maximum Gasteiger partial charge on any atom is 0.380 e. The van der Waals surface area contributed by atoms with Gasteiger partial charge in [-0.2, -0.15) is 26.3 Å². The van der Waals surface area contributed by atoms with Gasteiger partial charge in [0.1, 0.15) is 0 Å². The molecule has 1 aliphatic carbocycles. The third-order valence-corrected chi connectivity index (χ3v) is 7.86. The number of allylic oxidation sites excluding steroid dienone is 2. The number of alkyl halides is 6. The van der Waals surface area contributed by atoms with Gasteiger partial charge >= 0.3 is 17.8 Å². The quantitative estimate of drug-likeness (QED) is 0.231. The third kappa shape index (κ3) is 3.82. The summed E-state index contributed by atoms with van der Waals surface area (Å²) in [5.74, 6) is -15.7. The molecular formula is C30H22F6S. The van der Waals surface area contributed by atoms with Crippen LogP contribution < -0.4 is 0 Å². The summed E-state index contributed by atoms with van der Waals surface area (Å²) in [6, 6.07) is 21.9. The topological polar surface area (TPSA) is 0 Å². The van der Waals surface area contributed by atoms with E-state index in [9.17, 15) is 8.78 Å². The van der Waals surface area contributed by atoms with E-state index in [1.54, 1.807) is 36.4 Å². The summed E-state index contributed by atoms with van der Waals surface area (Å²) in [7, 11) is 0. The van der Waals surface area contributed by atoms with Gasteiger partial charge in [-0.15, -0.1) is 11.3 Å². The molecule has 0 fully saturated rings. The molecular weight excluding hydrogens is 506 g/mol. The number of hydrogen-bond acceptors (Lipinski definition) is 1. The summed E-state index contributed by atoms with van der Waals surface area (Å²) >= 11 is 1.10. The summed E-state index contributed by atoms with van der Waals surface area (Å²) in [6.07, 6.45) is 0. The molecule has 0 N–H and O–H groups in total. The van der Waals surface area contributed by atoms with Crippen LogP contribution in [0.5, 0.6) is 0 Å². The molecule has 7 heteroatoms. The van der Waals surface area contributed by atoms with Gasteiger partial charge in [0.15, 0.2) is 0 Å². The fourth-order valence-corrected chi connectivity index (χ4v) is 5.89. The second-order valence-corrected chi connectivity index (χ2v) is 10.6. The summed E-state index contributed by atoms with van der Waals surface area (Å²) in [5.41, 5.74) is 0.0966. The van der Waals surface area contributed by atoms with Gasteiger partial charge in [0.25, 0.3) is 0 Å². The minimum atomic E-state index is -5.59. The average Bonchev–Trinajstić information content (AvgIpc) is 3.27. The summed E-state index contributed by atoms with van der Waals surface area (Å²) in [6.45, 7) is 4.85. The number of halogens is 6. The van der Waals surface area contributed by atoms with Crippen LogP contribution in [0.15, 0.2) is 78.9 Å². The lowest BCUT2D eigenvalue weighted by molar-refractivity contribution is -0.254. The van der Waals surface area contributed by atoms with Crippen molar-refractivity contribution >= 4 is 22.5 Å². The third-order valence-electron chi connectivity index (χ3n) is 6.76. The molecule has 0 nitrogen and oxygen atoms in total. The van der Waals surface area contributed by atoms with Crippen molar-refractivity contribution in [2.45, 2.75) is 38.5 Å². The smallest absolute Gasteiger partial charge is 0.194 e. The van der Waals surface area contributed by atoms with Crippen molar-refractivity contribution in [3.63, 3.8) is 0 Å². The Kier molecular flexibility index (Phi) is 5.90. The fraction of sp³-hybridized carbons (Fsp3) is 0.200. The number of aryl methyl sites for hydroxylation is 3. The highest BCUT2D eigenvalue weighted by Gasteiger charge is 2.80. The van der Waals surface area contributed by atoms with Crippen molar-refractivity contribution in [2.75, 3.05) is 0 Å². The van der Waals surface area contributed by atoms with Crippen LogP contribution in [0.3, 0.4) is 0 Å². The van der Waals surface area contributed by atoms with E-state index in [0.717, 1.165) is 22.5 Å². The predicted octanol–water partition coefficient (Wildman–Crippen LogP) is 9.84. The summed E-state index contributed by atoms with van der Waals surface area (Å²) in [5, 5.41) is 0. The zero-order valence-electron chi connectivity index (χ0n) is 20.2. The molecule has 0 saturated heterocycles. The Morgan fingerprint density at radius 1 is 0.568 bits per heavy atom. The molecule has 0 spiro atoms. The molecule has 0 amide bonds. The van der Waals surface area contributed by atoms with Crippen molar-refractivity contribution in [3.8, 4) is 21.6 Å². The zero-order chi connectivity index (χ0) is 26.8. The predicted molar refractivity (Wildman–Crippen MR) is 137 cm³/mol. The standard InChI is InChI=1S/C30H22F6S/c1-17-8-7-11-21(14-17)22-12-13-23(18(2)15-22)26-27(29(33,34)30(35,36)28(26,31)32)24-16-25(37-19(24)3)20-9-5-4-6-10-20/h4-16H,1-3H3. The first-order chi connectivity index (χ1) is 17.4. The zero-order valence-corrected chi connectivity index (χ0v) is 21.0. The first kappa shape index (κ1) is 25.3. The van der Waals surface area contributed by atoms with Crippen LogP contribution in [-0.2, 0) is 0 Å². The van der Waals surface area contributed by atoms with Crippen LogP contribution in [0, 0.1) is 20.8 Å². The first-order valence-electron chi connectivity index (χ1n) is 11.6. The normalized spacial score (nSPS) is 17.9. The van der Waals surface area contributed by atoms with E-state index in [1.165, 1.54) is 32.0 Å². The Balaban J connectivity index is 1.75. The molecule has 0 bridgehead atoms. The van der Waals surface area contributed by atoms with Crippen LogP contribution in [0.2, 0.25) is 0 Å². The van der Waals surface area contributed by atoms with Gasteiger partial charge in [-0.05, 0) is 60.2 Å². The van der Waals surface area contributed by atoms with Crippen molar-refractivity contribution in [3.05, 3.63) is 106 Å². The van der Waals surface area contributed by atoms with Crippen LogP contribution in [0.1, 0.15) is 27.1 Å². The van der Waals surface area contributed by atoms with Crippen LogP contribution >= 0.6 is 11.3 Å². The van der Waals surface area contributed by atoms with Gasteiger partial charge in [-0.25, -0.2) is 0 Å². The Hall–Kier alpha value is -3.32. The first-order valence-corrected chi connectivity index (χ1v) is 12.4. The number of rotatable bonds is 4. The van der Waals surface area contributed by atoms with Crippen molar-refractivity contribution < 1.29 is 26.3 Å². The van der Waals surface area contributed by atoms with E-state index in [1.807, 2.05) is 31.2 Å². The molecule has 0 atom stereocenters. The molecule has 190 valence electrons. The highest BCUT2D eigenvalue weighted by atomic mass is 32.1. The van der Waals surface area contributed by atoms with Crippen molar-refractivity contribution in [1.82, 2.24) is 0 Å². The second-order valence-electron chi connectivity index (χ2n) is 9.32. The van der Waals surface area contributed by atoms with Gasteiger partial charge in [0.05, 0.1) is 0 Å². The van der Waals surface area contributed by atoms with Crippen LogP contribution in [0.4, 0.5) is 26.3 Å². The summed E-state index contributed by atoms with van der Waals surface area (Å²) < 4.78 is 91.0. The minimum Gasteiger partial charge on any atom is -0.194 e. The monoisotopic (exact) mass is 528 g/mol. The van der Waals surface area contributed by atoms with Crippen molar-refractivity contribution in [2.24, 2.45) is 0 Å². The lowest BCUT2D eigenvalue weighted by Gasteiger charge is -2.26. The van der Waals surface area contributed by atoms with Gasteiger partial charge in [-0.3, -0.25) is 0 Å². The molecule has 0 aliphatic heterocycles. The van der Waals surface area contributed by atoms with E-state index in [-0.39, 0.29) is 21.6 Å². The molecule has 1 aromatic heterocycles. The average molecular weight is 529 g/mol. The van der Waals surface area contributed by atoms with E-state index in [0.29, 0.717) is 16.0 Å². The summed E-state index contributed by atoms with van der Waals surface area (Å²) in [4.78, 5) is 0.786. The van der Waals surface area contributed by atoms with Gasteiger partial charge in [-0.1, -0.05) is 78.4 Å². The Bertz CT molecular complexity index is 1530. The lowest BCUT2D eigenvalue weighted by atomic mass is 9.90. The number of benzene rings is 3. The molecule has 1 aliphatic rings. The highest BCUT2D eigenvalue weighted by molar-refractivity contribution is 7.15. The van der Waals surface area contributed by atoms with Gasteiger partial charge < -0.3 is 0 Å². The molecule has 0 saturated carbocycles. The van der Waals surface area contributed by atoms with E-state index in [4.69, 9.17) is 0 Å². The fourth-order valence-electron chi connectivity index (χ4n) is 4.86. The number of thiophene rings is 1. The van der Waals surface area contributed by atoms with E-state index < -0.39 is 28.9 Å². The SMILES string of the molecule is Cc1cccc(-c2ccc(C3=C(c4cc(-c5ccccc5)sc4C)C(F)(F)C(F)(F)C3(F)F)c(C)c2)c1. The molecule has 3 aromatic carbocycles. The largest absolute Gasteiger partial charge is 0.380 e. The minimum absolute atomic E-state index is 0.204. The van der Waals surface area contributed by atoms with E-state index >= 15 is 17.6 Å². The van der Waals surface area contributed by atoms with Crippen LogP contribution in [-0.4, -0.2) is 17.8 Å². The maximum atomic E-state index is 15.3. The molecule has 0 radical (unpaired) electrons. The molecule has 1 heterocycles. The van der Waals surface area contributed by atoms with Crippen molar-refractivity contribution in [1.29, 1.82) is 0 Å². The molecule has 5 rings (SSSR count). The lowest BCUT2D eigenvalue weighted by Crippen LogP contribution is -2.49. The second kappa shape index (κ2) is 8.62. The molecule has 37 heavy (non-hydrogen) atoms. The molecule has 4 aromatic rings.